The van der Waals surface area contributed by atoms with E-state index in [9.17, 15) is 67.1 Å². The van der Waals surface area contributed by atoms with Gasteiger partial charge < -0.3 is 83.9 Å². The molecule has 14 N–H and O–H groups in total. The fourth-order valence-electron chi connectivity index (χ4n) is 18.4. The largest absolute Gasteiger partial charge is 0.445 e. The Bertz CT molecular complexity index is 5340. The van der Waals surface area contributed by atoms with Crippen molar-refractivity contribution in [2.75, 3.05) is 63.0 Å². The minimum Gasteiger partial charge on any atom is -0.445 e. The standard InChI is InChI=1S/2C57H79N9O8/c2*1-7-25-65(26-8-2)55(71)43-29-41-21-22-42(31-50(41)63-52(58)32-43)53(69)62-45-30-44-35-66(27-23-48(44)61-34-45)57(73)74-36-40-19-17-39(18-20-40)28-51(68)49(16-13-24-60-56(59)72)64-54(70)47(38(5)6)33-46(67)15-12-10-9-11-14-37(3)4/h2*17-22,29-31,34,37-38,47,49H,7-16,23-28,32-33,35-36H2,1-6H3,(H2,58,63)(H,62,69)(H,64,70)(H3,59,60,72)/t47-,49-;/m0./s1. The zero-order chi connectivity index (χ0) is 107. The minimum absolute atomic E-state index is 0.0101. The van der Waals surface area contributed by atoms with Crippen molar-refractivity contribution in [3.05, 3.63) is 188 Å². The Balaban J connectivity index is 0.000000329. The van der Waals surface area contributed by atoms with Crippen LogP contribution in [0.25, 0.3) is 12.2 Å². The summed E-state index contributed by atoms with van der Waals surface area (Å²) in [6.07, 6.45) is 23.4. The molecule has 0 spiro atoms. The molecule has 34 nitrogen and oxygen atoms in total. The van der Waals surface area contributed by atoms with Gasteiger partial charge in [0.15, 0.2) is 11.6 Å². The minimum atomic E-state index is -0.847. The van der Waals surface area contributed by atoms with Gasteiger partial charge in [0.1, 0.15) is 36.5 Å². The summed E-state index contributed by atoms with van der Waals surface area (Å²) in [6, 6.07) is 25.0. The molecule has 4 aliphatic heterocycles. The van der Waals surface area contributed by atoms with Crippen LogP contribution in [0.3, 0.4) is 0 Å². The number of carbonyl (C=O) groups is 14. The van der Waals surface area contributed by atoms with Gasteiger partial charge in [0.2, 0.25) is 23.6 Å². The van der Waals surface area contributed by atoms with E-state index in [2.05, 4.69) is 79.5 Å². The number of pyridine rings is 2. The summed E-state index contributed by atoms with van der Waals surface area (Å²) >= 11 is 0. The molecule has 6 aromatic rings. The molecule has 800 valence electrons. The summed E-state index contributed by atoms with van der Waals surface area (Å²) in [7, 11) is 0. The lowest BCUT2D eigenvalue weighted by molar-refractivity contribution is -0.133. The Labute approximate surface area is 872 Å². The number of rotatable bonds is 56. The maximum atomic E-state index is 13.8. The summed E-state index contributed by atoms with van der Waals surface area (Å²) in [6.45, 7) is 28.9. The van der Waals surface area contributed by atoms with Crippen LogP contribution in [0.4, 0.5) is 41.9 Å². The summed E-state index contributed by atoms with van der Waals surface area (Å²) in [5.74, 6) is -1.44. The number of urea groups is 2. The van der Waals surface area contributed by atoms with E-state index in [-0.39, 0.29) is 173 Å². The molecule has 2 unspecified atom stereocenters. The number of aliphatic imine (C=N–C) groups is 2. The van der Waals surface area contributed by atoms with Gasteiger partial charge in [0.25, 0.3) is 11.8 Å². The van der Waals surface area contributed by atoms with Crippen LogP contribution in [0.1, 0.15) is 314 Å². The first-order valence-corrected chi connectivity index (χ1v) is 53.2. The van der Waals surface area contributed by atoms with Gasteiger partial charge >= 0.3 is 24.2 Å². The SMILES string of the molecule is CCCN(CCC)C(=O)C1=Cc2ccc(C(=O)Nc3cnc4c(c3)CN(C(=O)OCc3ccc(CC(=O)C(CCCNC(N)=O)NC(=O)C(CC(=O)CCCCCCC(C)C)C(C)C)cc3)CC4)cc2N=C(N)C1.CCCN(CCC)C(=O)C1=Cc2ccc(C(=O)Nc3cnc4c(c3)CN(C(=O)OCc3ccc(CC(=O)[C@H](CCCNC(N)=O)NC(=O)[C@@H](CC(=O)CCCCCCC(C)C)C(C)C)cc3)CC4)cc2N=C(N)C1. The molecule has 10 rings (SSSR count). The molecule has 4 atom stereocenters. The van der Waals surface area contributed by atoms with E-state index in [4.69, 9.17) is 32.4 Å². The fourth-order valence-corrected chi connectivity index (χ4v) is 18.4. The topological polar surface area (TPSA) is 497 Å². The molecule has 0 radical (unpaired) electrons. The second kappa shape index (κ2) is 60.5. The molecule has 148 heavy (non-hydrogen) atoms. The fraction of sp³-hybridized carbons (Fsp3) is 0.526. The highest BCUT2D eigenvalue weighted by Crippen LogP contribution is 2.34. The Kier molecular flexibility index (Phi) is 48.1. The number of hydrogen-bond donors (Lipinski definition) is 10. The van der Waals surface area contributed by atoms with E-state index in [1.54, 1.807) is 131 Å². The average Bonchev–Trinajstić information content (AvgIpc) is 1.79. The van der Waals surface area contributed by atoms with E-state index in [1.807, 2.05) is 65.2 Å². The van der Waals surface area contributed by atoms with Crippen LogP contribution in [0, 0.1) is 35.5 Å². The number of nitrogens with zero attached hydrogens (tertiary/aromatic N) is 8. The van der Waals surface area contributed by atoms with Crippen LogP contribution < -0.4 is 54.8 Å². The molecule has 4 aliphatic rings. The van der Waals surface area contributed by atoms with E-state index < -0.39 is 48.2 Å². The second-order valence-electron chi connectivity index (χ2n) is 40.8. The van der Waals surface area contributed by atoms with Crippen molar-refractivity contribution < 1.29 is 76.6 Å². The molecular weight excluding hydrogens is 1880 g/mol. The molecule has 0 saturated heterocycles. The molecule has 12 amide bonds. The number of fused-ring (bicyclic) bond motifs is 4. The van der Waals surface area contributed by atoms with Crippen LogP contribution in [0.5, 0.6) is 0 Å². The van der Waals surface area contributed by atoms with E-state index in [0.29, 0.717) is 168 Å². The number of amides is 12. The van der Waals surface area contributed by atoms with Gasteiger partial charge in [-0.3, -0.25) is 57.9 Å². The van der Waals surface area contributed by atoms with Crippen molar-refractivity contribution in [2.24, 2.45) is 68.4 Å². The van der Waals surface area contributed by atoms with E-state index >= 15 is 0 Å². The van der Waals surface area contributed by atoms with Gasteiger partial charge in [-0.1, -0.05) is 195 Å². The Hall–Kier alpha value is -13.8. The van der Waals surface area contributed by atoms with Crippen LogP contribution in [0.15, 0.2) is 131 Å². The Morgan fingerprint density at radius 1 is 0.432 bits per heavy atom. The lowest BCUT2D eigenvalue weighted by Gasteiger charge is -2.28. The molecule has 0 saturated carbocycles. The number of ketones is 4. The summed E-state index contributed by atoms with van der Waals surface area (Å²) < 4.78 is 11.4. The van der Waals surface area contributed by atoms with Crippen LogP contribution >= 0.6 is 0 Å². The maximum absolute atomic E-state index is 13.8. The maximum Gasteiger partial charge on any atom is 0.410 e. The average molecular weight is 2040 g/mol. The quantitative estimate of drug-likeness (QED) is 0.0159. The van der Waals surface area contributed by atoms with Crippen molar-refractivity contribution in [1.82, 2.24) is 50.8 Å². The number of hydrogen-bond acceptors (Lipinski definition) is 22. The van der Waals surface area contributed by atoms with E-state index in [0.717, 1.165) is 99.6 Å². The smallest absolute Gasteiger partial charge is 0.410 e. The molecule has 0 fully saturated rings. The molecule has 0 aliphatic carbocycles. The number of anilines is 2. The third kappa shape index (κ3) is 38.8. The highest BCUT2D eigenvalue weighted by atomic mass is 16.6. The summed E-state index contributed by atoms with van der Waals surface area (Å²) in [5.41, 5.74) is 34.1. The molecule has 4 aromatic carbocycles. The number of ether oxygens (including phenoxy) is 2. The van der Waals surface area contributed by atoms with Gasteiger partial charge in [-0.25, -0.2) is 29.2 Å². The van der Waals surface area contributed by atoms with Gasteiger partial charge in [0.05, 0.1) is 60.3 Å². The van der Waals surface area contributed by atoms with Gasteiger partial charge in [-0.05, 0) is 170 Å². The van der Waals surface area contributed by atoms with Crippen molar-refractivity contribution in [3.63, 3.8) is 0 Å². The first-order chi connectivity index (χ1) is 70.9. The molecular formula is C114H158N18O16. The molecule has 2 aromatic heterocycles. The Morgan fingerprint density at radius 3 is 1.14 bits per heavy atom. The second-order valence-corrected chi connectivity index (χ2v) is 40.8. The number of primary amides is 2. The molecule has 34 heteroatoms. The Morgan fingerprint density at radius 2 is 0.791 bits per heavy atom. The number of Topliss-reactive ketones (excluding diaryl/α,β-unsaturated/α-hetero) is 4. The monoisotopic (exact) mass is 2040 g/mol. The third-order valence-electron chi connectivity index (χ3n) is 26.8. The predicted molar refractivity (Wildman–Crippen MR) is 577 cm³/mol. The van der Waals surface area contributed by atoms with Crippen molar-refractivity contribution in [3.8, 4) is 0 Å². The first-order valence-electron chi connectivity index (χ1n) is 53.2. The number of amidine groups is 2. The lowest BCUT2D eigenvalue weighted by atomic mass is 9.88. The normalized spacial score (nSPS) is 13.9. The molecule has 0 bridgehead atoms. The lowest BCUT2D eigenvalue weighted by Crippen LogP contribution is -2.46. The number of aromatic nitrogens is 2. The first kappa shape index (κ1) is 118. The third-order valence-corrected chi connectivity index (χ3v) is 26.8. The highest BCUT2D eigenvalue weighted by molar-refractivity contribution is 6.10. The van der Waals surface area contributed by atoms with Gasteiger partial charge in [-0.2, -0.15) is 0 Å². The number of nitrogens with two attached hydrogens (primary N) is 4. The van der Waals surface area contributed by atoms with Crippen LogP contribution in [0.2, 0.25) is 0 Å². The van der Waals surface area contributed by atoms with Crippen molar-refractivity contribution in [2.45, 2.75) is 301 Å². The van der Waals surface area contributed by atoms with Crippen LogP contribution in [-0.4, -0.2) is 189 Å². The zero-order valence-corrected chi connectivity index (χ0v) is 88.9. The van der Waals surface area contributed by atoms with Gasteiger partial charge in [0, 0.05) is 173 Å². The summed E-state index contributed by atoms with van der Waals surface area (Å²) in [5, 5.41) is 16.8. The molecule has 6 heterocycles. The van der Waals surface area contributed by atoms with Crippen molar-refractivity contribution >= 4 is 129 Å². The van der Waals surface area contributed by atoms with Crippen LogP contribution in [-0.2, 0) is 99.8 Å². The number of unbranched alkanes of at least 4 members (excludes halogenated alkanes) is 6. The van der Waals surface area contributed by atoms with Crippen molar-refractivity contribution in [1.29, 1.82) is 0 Å². The van der Waals surface area contributed by atoms with Gasteiger partial charge in [-0.15, -0.1) is 0 Å². The van der Waals surface area contributed by atoms with E-state index in [1.165, 1.54) is 12.8 Å². The number of nitrogens with one attached hydrogen (secondary N) is 6. The predicted octanol–water partition coefficient (Wildman–Crippen LogP) is 17.5. The highest BCUT2D eigenvalue weighted by Gasteiger charge is 2.35. The summed E-state index contributed by atoms with van der Waals surface area (Å²) in [4.78, 5) is 209. The number of benzene rings is 4. The zero-order valence-electron chi connectivity index (χ0n) is 88.9. The number of carbonyl (C=O) groups excluding carboxylic acids is 14.